The van der Waals surface area contributed by atoms with Gasteiger partial charge in [0.05, 0.1) is 26.3 Å². The first kappa shape index (κ1) is 35.5. The zero-order chi connectivity index (χ0) is 27.1. The molecule has 0 radical (unpaired) electrons. The molecule has 0 aliphatic rings. The van der Waals surface area contributed by atoms with E-state index in [0.717, 1.165) is 34.8 Å². The van der Waals surface area contributed by atoms with Crippen LogP contribution < -0.4 is 0 Å². The van der Waals surface area contributed by atoms with Gasteiger partial charge in [0.15, 0.2) is 20.0 Å². The van der Waals surface area contributed by atoms with Gasteiger partial charge in [-0.05, 0) is 19.8 Å². The molecule has 2 N–H and O–H groups in total. The monoisotopic (exact) mass is 554 g/mol. The fourth-order valence-corrected chi connectivity index (χ4v) is 4.74. The number of quaternary nitrogens is 1. The second-order valence-corrected chi connectivity index (χ2v) is 11.1. The molecule has 16 heteroatoms. The number of likely N-dealkylation sites (N-methyl/N-ethyl adjacent to an activating group) is 1. The lowest BCUT2D eigenvalue weighted by molar-refractivity contribution is -0.927. The minimum Gasteiger partial charge on any atom is -0.421 e. The molecule has 0 unspecified atom stereocenters. The Kier molecular flexibility index (Phi) is 16.8. The molecule has 0 saturated heterocycles. The van der Waals surface area contributed by atoms with Crippen molar-refractivity contribution in [3.05, 3.63) is 4.13 Å². The third kappa shape index (κ3) is 14.0. The highest BCUT2D eigenvalue weighted by molar-refractivity contribution is 8.13. The number of aliphatic hydroxyl groups excluding tert-OH is 2. The minimum absolute atomic E-state index is 0.227. The molecular formula is C18H36F6N2O6S2. The molecule has 8 nitrogen and oxygen atoms in total. The summed E-state index contributed by atoms with van der Waals surface area (Å²) in [6.45, 7) is 8.56. The Balaban J connectivity index is 0. The Hall–Kier alpha value is -0.680. The lowest BCUT2D eigenvalue weighted by Gasteiger charge is -2.37. The summed E-state index contributed by atoms with van der Waals surface area (Å²) in [7, 11) is -13.4. The Labute approximate surface area is 198 Å². The van der Waals surface area contributed by atoms with Crippen molar-refractivity contribution in [2.75, 3.05) is 39.4 Å². The topological polar surface area (TPSA) is 123 Å². The van der Waals surface area contributed by atoms with Crippen LogP contribution in [0.3, 0.4) is 0 Å². The summed E-state index contributed by atoms with van der Waals surface area (Å²) in [6, 6.07) is 0. The highest BCUT2D eigenvalue weighted by atomic mass is 32.3. The molecule has 0 aromatic rings. The molecule has 0 bridgehead atoms. The number of aliphatic hydroxyl groups is 2. The third-order valence-corrected chi connectivity index (χ3v) is 7.83. The van der Waals surface area contributed by atoms with Gasteiger partial charge in [-0.15, -0.1) is 0 Å². The van der Waals surface area contributed by atoms with E-state index >= 15 is 0 Å². The van der Waals surface area contributed by atoms with Gasteiger partial charge in [-0.2, -0.15) is 26.3 Å². The van der Waals surface area contributed by atoms with Crippen LogP contribution in [0.4, 0.5) is 26.3 Å². The van der Waals surface area contributed by atoms with Crippen LogP contribution in [-0.4, -0.2) is 81.9 Å². The number of alkyl halides is 6. The van der Waals surface area contributed by atoms with Crippen molar-refractivity contribution in [2.24, 2.45) is 0 Å². The van der Waals surface area contributed by atoms with E-state index in [4.69, 9.17) is 0 Å². The van der Waals surface area contributed by atoms with E-state index in [-0.39, 0.29) is 13.2 Å². The van der Waals surface area contributed by atoms with E-state index in [1.54, 1.807) is 0 Å². The van der Waals surface area contributed by atoms with Crippen LogP contribution in [0, 0.1) is 0 Å². The number of sulfonamides is 2. The first-order valence-corrected chi connectivity index (χ1v) is 13.8. The van der Waals surface area contributed by atoms with Gasteiger partial charge in [-0.25, -0.2) is 16.8 Å². The molecule has 0 saturated carbocycles. The van der Waals surface area contributed by atoms with E-state index in [0.29, 0.717) is 0 Å². The van der Waals surface area contributed by atoms with Crippen LogP contribution in [0.5, 0.6) is 0 Å². The number of rotatable bonds is 16. The molecule has 0 heterocycles. The first-order chi connectivity index (χ1) is 15.4. The summed E-state index contributed by atoms with van der Waals surface area (Å²) >= 11 is 0. The van der Waals surface area contributed by atoms with Gasteiger partial charge in [-0.1, -0.05) is 45.4 Å². The van der Waals surface area contributed by atoms with Gasteiger partial charge in [0.25, 0.3) is 0 Å². The molecule has 0 aliphatic heterocycles. The Morgan fingerprint density at radius 3 is 1.29 bits per heavy atom. The molecule has 0 aliphatic carbocycles. The highest BCUT2D eigenvalue weighted by Gasteiger charge is 2.46. The molecule has 0 aromatic heterocycles. The summed E-state index contributed by atoms with van der Waals surface area (Å²) in [6.07, 6.45) is 10.7. The maximum absolute atomic E-state index is 11.4. The number of nitrogens with zero attached hydrogens (tertiary/aromatic N) is 2. The van der Waals surface area contributed by atoms with Crippen molar-refractivity contribution in [1.29, 1.82) is 0 Å². The fraction of sp³-hybridized carbons (Fsp3) is 1.00. The largest absolute Gasteiger partial charge is 0.480 e. The summed E-state index contributed by atoms with van der Waals surface area (Å²) in [5.74, 6) is 0. The standard InChI is InChI=1S/C16H36NO2.C2F6NO4S2/c1-3-5-6-7-8-9-10-11-12-17(4-2,13-15-18)14-16-19;3-1(4,5)14(10,11)9-15(12,13)2(6,7)8/h18-19H,3-16H2,1-2H3;/q+1;-1. The lowest BCUT2D eigenvalue weighted by atomic mass is 10.1. The number of hydrogen-bond donors (Lipinski definition) is 2. The number of hydrogen-bond acceptors (Lipinski definition) is 6. The molecular weight excluding hydrogens is 518 g/mol. The molecule has 0 fully saturated rings. The van der Waals surface area contributed by atoms with Gasteiger partial charge < -0.3 is 18.8 Å². The van der Waals surface area contributed by atoms with Crippen molar-refractivity contribution in [3.63, 3.8) is 0 Å². The third-order valence-electron chi connectivity index (χ3n) is 5.09. The van der Waals surface area contributed by atoms with Gasteiger partial charge in [0.1, 0.15) is 13.1 Å². The lowest BCUT2D eigenvalue weighted by Crippen LogP contribution is -2.52. The predicted octanol–water partition coefficient (Wildman–Crippen LogP) is 4.01. The normalized spacial score (nSPS) is 13.5. The van der Waals surface area contributed by atoms with Gasteiger partial charge >= 0.3 is 11.0 Å². The van der Waals surface area contributed by atoms with E-state index < -0.39 is 31.1 Å². The summed E-state index contributed by atoms with van der Waals surface area (Å²) in [5.41, 5.74) is -12.4. The summed E-state index contributed by atoms with van der Waals surface area (Å²) < 4.78 is 110. The maximum atomic E-state index is 11.4. The van der Waals surface area contributed by atoms with Crippen molar-refractivity contribution < 1.29 is 57.9 Å². The van der Waals surface area contributed by atoms with Crippen LogP contribution in [0.2, 0.25) is 0 Å². The van der Waals surface area contributed by atoms with E-state index in [1.807, 2.05) is 0 Å². The maximum Gasteiger partial charge on any atom is 0.480 e. The van der Waals surface area contributed by atoms with Crippen molar-refractivity contribution in [1.82, 2.24) is 0 Å². The molecule has 0 aromatic carbocycles. The van der Waals surface area contributed by atoms with Crippen LogP contribution in [0.15, 0.2) is 0 Å². The van der Waals surface area contributed by atoms with Crippen molar-refractivity contribution in [3.8, 4) is 0 Å². The van der Waals surface area contributed by atoms with E-state index in [9.17, 15) is 53.4 Å². The second-order valence-electron chi connectivity index (χ2n) is 7.67. The summed E-state index contributed by atoms with van der Waals surface area (Å²) in [5, 5.41) is 18.4. The van der Waals surface area contributed by atoms with Crippen LogP contribution in [-0.2, 0) is 20.0 Å². The molecule has 0 rings (SSSR count). The van der Waals surface area contributed by atoms with E-state index in [1.165, 1.54) is 51.4 Å². The average molecular weight is 555 g/mol. The van der Waals surface area contributed by atoms with Crippen LogP contribution >= 0.6 is 0 Å². The molecule has 208 valence electrons. The smallest absolute Gasteiger partial charge is 0.421 e. The zero-order valence-electron chi connectivity index (χ0n) is 19.4. The van der Waals surface area contributed by atoms with E-state index in [2.05, 4.69) is 13.8 Å². The van der Waals surface area contributed by atoms with Crippen molar-refractivity contribution in [2.45, 2.75) is 76.2 Å². The summed E-state index contributed by atoms with van der Waals surface area (Å²) in [4.78, 5) is 0. The minimum atomic E-state index is -6.72. The predicted molar refractivity (Wildman–Crippen MR) is 115 cm³/mol. The van der Waals surface area contributed by atoms with Gasteiger partial charge in [0, 0.05) is 0 Å². The highest BCUT2D eigenvalue weighted by Crippen LogP contribution is 2.36. The first-order valence-electron chi connectivity index (χ1n) is 10.9. The van der Waals surface area contributed by atoms with Crippen LogP contribution in [0.25, 0.3) is 4.13 Å². The number of unbranched alkanes of at least 4 members (excludes halogenated alkanes) is 7. The molecule has 0 atom stereocenters. The molecule has 0 spiro atoms. The molecule has 0 amide bonds. The average Bonchev–Trinajstić information content (AvgIpc) is 2.68. The second kappa shape index (κ2) is 16.1. The molecule has 34 heavy (non-hydrogen) atoms. The van der Waals surface area contributed by atoms with Gasteiger partial charge in [0.2, 0.25) is 0 Å². The zero-order valence-corrected chi connectivity index (χ0v) is 21.0. The van der Waals surface area contributed by atoms with Crippen LogP contribution in [0.1, 0.15) is 65.2 Å². The quantitative estimate of drug-likeness (QED) is 0.169. The Morgan fingerprint density at radius 2 is 1.00 bits per heavy atom. The fourth-order valence-electron chi connectivity index (χ4n) is 3.03. The Morgan fingerprint density at radius 1 is 0.647 bits per heavy atom. The van der Waals surface area contributed by atoms with Gasteiger partial charge in [-0.3, -0.25) is 0 Å². The Bertz CT molecular complexity index is 695. The number of halogens is 6. The SMILES string of the molecule is CCCCCCCCCC[N+](CC)(CCO)CCO.O=S(=O)([N-]S(=O)(=O)C(F)(F)F)C(F)(F)F. The van der Waals surface area contributed by atoms with Crippen molar-refractivity contribution >= 4 is 20.0 Å².